The van der Waals surface area contributed by atoms with Gasteiger partial charge in [0.1, 0.15) is 11.3 Å². The number of aliphatic hydroxyl groups excluding tert-OH is 1. The average molecular weight is 277 g/mol. The second-order valence-corrected chi connectivity index (χ2v) is 4.27. The second-order valence-electron chi connectivity index (χ2n) is 4.27. The first-order chi connectivity index (χ1) is 9.60. The zero-order valence-electron chi connectivity index (χ0n) is 11.0. The van der Waals surface area contributed by atoms with E-state index in [-0.39, 0.29) is 25.7 Å². The summed E-state index contributed by atoms with van der Waals surface area (Å²) in [4.78, 5) is 22.6. The lowest BCUT2D eigenvalue weighted by Gasteiger charge is -2.07. The molecule has 2 N–H and O–H groups in total. The van der Waals surface area contributed by atoms with Gasteiger partial charge >= 0.3 is 5.63 Å². The molecule has 6 nitrogen and oxygen atoms in total. The Kier molecular flexibility index (Phi) is 4.37. The summed E-state index contributed by atoms with van der Waals surface area (Å²) in [6, 6.07) is 6.47. The Morgan fingerprint density at radius 2 is 2.20 bits per heavy atom. The van der Waals surface area contributed by atoms with Gasteiger partial charge in [-0.25, -0.2) is 4.79 Å². The molecule has 0 unspecified atom stereocenters. The number of hydrogen-bond donors (Lipinski definition) is 2. The van der Waals surface area contributed by atoms with Crippen molar-refractivity contribution in [1.82, 2.24) is 5.32 Å². The quantitative estimate of drug-likeness (QED) is 0.781. The van der Waals surface area contributed by atoms with Gasteiger partial charge in [-0.3, -0.25) is 4.79 Å². The number of hydrogen-bond acceptors (Lipinski definition) is 5. The molecule has 0 aliphatic rings. The lowest BCUT2D eigenvalue weighted by atomic mass is 10.1. The molecule has 0 saturated carbocycles. The van der Waals surface area contributed by atoms with Crippen molar-refractivity contribution in [3.63, 3.8) is 0 Å². The van der Waals surface area contributed by atoms with Crippen LogP contribution in [0.15, 0.2) is 33.5 Å². The summed E-state index contributed by atoms with van der Waals surface area (Å²) in [5, 5.41) is 11.9. The van der Waals surface area contributed by atoms with E-state index in [1.807, 2.05) is 6.92 Å². The van der Waals surface area contributed by atoms with Crippen molar-refractivity contribution in [1.29, 1.82) is 0 Å². The summed E-state index contributed by atoms with van der Waals surface area (Å²) in [5.74, 6) is 0.107. The van der Waals surface area contributed by atoms with E-state index in [0.717, 1.165) is 10.9 Å². The first-order valence-electron chi connectivity index (χ1n) is 6.15. The van der Waals surface area contributed by atoms with Crippen LogP contribution in [0.4, 0.5) is 0 Å². The Hall–Kier alpha value is -2.34. The summed E-state index contributed by atoms with van der Waals surface area (Å²) in [6.45, 7) is 1.73. The van der Waals surface area contributed by atoms with Crippen LogP contribution in [0, 0.1) is 6.92 Å². The van der Waals surface area contributed by atoms with Gasteiger partial charge in [-0.15, -0.1) is 0 Å². The number of carbonyl (C=O) groups is 1. The van der Waals surface area contributed by atoms with E-state index in [1.165, 1.54) is 6.07 Å². The molecule has 2 rings (SSSR count). The fourth-order valence-corrected chi connectivity index (χ4v) is 1.79. The number of amides is 1. The number of ether oxygens (including phenoxy) is 1. The minimum absolute atomic E-state index is 0.119. The van der Waals surface area contributed by atoms with E-state index >= 15 is 0 Å². The van der Waals surface area contributed by atoms with Gasteiger partial charge < -0.3 is 19.6 Å². The molecule has 1 heterocycles. The lowest BCUT2D eigenvalue weighted by Crippen LogP contribution is -2.31. The highest BCUT2D eigenvalue weighted by Crippen LogP contribution is 2.22. The molecule has 2 aromatic rings. The number of carbonyl (C=O) groups excluding carboxylic acids is 1. The van der Waals surface area contributed by atoms with E-state index in [4.69, 9.17) is 14.3 Å². The SMILES string of the molecule is Cc1cc(=O)oc2cc(OCC(=O)NCCO)ccc12. The highest BCUT2D eigenvalue weighted by molar-refractivity contribution is 5.81. The number of nitrogens with one attached hydrogen (secondary N) is 1. The summed E-state index contributed by atoms with van der Waals surface area (Å²) in [7, 11) is 0. The molecule has 106 valence electrons. The van der Waals surface area contributed by atoms with Gasteiger partial charge in [0.15, 0.2) is 6.61 Å². The van der Waals surface area contributed by atoms with Crippen LogP contribution < -0.4 is 15.7 Å². The Bertz CT molecular complexity index is 677. The van der Waals surface area contributed by atoms with E-state index in [0.29, 0.717) is 11.3 Å². The molecule has 1 amide bonds. The minimum atomic E-state index is -0.423. The third kappa shape index (κ3) is 3.36. The van der Waals surface area contributed by atoms with E-state index in [9.17, 15) is 9.59 Å². The Labute approximate surface area is 115 Å². The molecule has 20 heavy (non-hydrogen) atoms. The number of benzene rings is 1. The smallest absolute Gasteiger partial charge is 0.336 e. The predicted octanol–water partition coefficient (Wildman–Crippen LogP) is 0.589. The summed E-state index contributed by atoms with van der Waals surface area (Å²) < 4.78 is 10.4. The molecule has 0 fully saturated rings. The van der Waals surface area contributed by atoms with Crippen LogP contribution >= 0.6 is 0 Å². The first kappa shape index (κ1) is 14.1. The van der Waals surface area contributed by atoms with Crippen molar-refractivity contribution in [3.05, 3.63) is 40.2 Å². The first-order valence-corrected chi connectivity index (χ1v) is 6.15. The van der Waals surface area contributed by atoms with Crippen LogP contribution in [0.1, 0.15) is 5.56 Å². The van der Waals surface area contributed by atoms with Crippen LogP contribution in [0.2, 0.25) is 0 Å². The standard InChI is InChI=1S/C14H15NO5/c1-9-6-14(18)20-12-7-10(2-3-11(9)12)19-8-13(17)15-4-5-16/h2-3,6-7,16H,4-5,8H2,1H3,(H,15,17). The monoisotopic (exact) mass is 277 g/mol. The summed E-state index contributed by atoms with van der Waals surface area (Å²) >= 11 is 0. The Morgan fingerprint density at radius 1 is 1.40 bits per heavy atom. The van der Waals surface area contributed by atoms with Crippen molar-refractivity contribution in [2.24, 2.45) is 0 Å². The molecule has 1 aromatic heterocycles. The Balaban J connectivity index is 2.12. The summed E-state index contributed by atoms with van der Waals surface area (Å²) in [5.41, 5.74) is 0.819. The van der Waals surface area contributed by atoms with E-state index in [1.54, 1.807) is 18.2 Å². The van der Waals surface area contributed by atoms with Gasteiger partial charge in [0.05, 0.1) is 6.61 Å². The average Bonchev–Trinajstić information content (AvgIpc) is 2.42. The highest BCUT2D eigenvalue weighted by atomic mass is 16.5. The van der Waals surface area contributed by atoms with Crippen LogP contribution in [-0.2, 0) is 4.79 Å². The molecule has 0 aliphatic heterocycles. The van der Waals surface area contributed by atoms with Gasteiger partial charge in [0.25, 0.3) is 5.91 Å². The van der Waals surface area contributed by atoms with Crippen LogP contribution in [0.25, 0.3) is 11.0 Å². The van der Waals surface area contributed by atoms with Crippen molar-refractivity contribution in [2.75, 3.05) is 19.8 Å². The number of aliphatic hydroxyl groups is 1. The molecule has 0 spiro atoms. The normalized spacial score (nSPS) is 10.5. The molecular weight excluding hydrogens is 262 g/mol. The third-order valence-electron chi connectivity index (χ3n) is 2.73. The molecule has 0 radical (unpaired) electrons. The zero-order valence-corrected chi connectivity index (χ0v) is 11.0. The van der Waals surface area contributed by atoms with Gasteiger partial charge in [-0.1, -0.05) is 0 Å². The number of rotatable bonds is 5. The molecule has 0 bridgehead atoms. The number of aryl methyl sites for hydroxylation is 1. The maximum Gasteiger partial charge on any atom is 0.336 e. The molecular formula is C14H15NO5. The van der Waals surface area contributed by atoms with Crippen molar-refractivity contribution in [2.45, 2.75) is 6.92 Å². The summed E-state index contributed by atoms with van der Waals surface area (Å²) in [6.07, 6.45) is 0. The second kappa shape index (κ2) is 6.21. The van der Waals surface area contributed by atoms with Crippen LogP contribution in [0.3, 0.4) is 0 Å². The van der Waals surface area contributed by atoms with Gasteiger partial charge in [0, 0.05) is 24.1 Å². The van der Waals surface area contributed by atoms with Crippen molar-refractivity contribution in [3.8, 4) is 5.75 Å². The van der Waals surface area contributed by atoms with Gasteiger partial charge in [-0.05, 0) is 24.6 Å². The fourth-order valence-electron chi connectivity index (χ4n) is 1.79. The van der Waals surface area contributed by atoms with E-state index < -0.39 is 5.63 Å². The highest BCUT2D eigenvalue weighted by Gasteiger charge is 2.06. The minimum Gasteiger partial charge on any atom is -0.484 e. The fraction of sp³-hybridized carbons (Fsp3) is 0.286. The lowest BCUT2D eigenvalue weighted by molar-refractivity contribution is -0.123. The molecule has 0 saturated heterocycles. The third-order valence-corrected chi connectivity index (χ3v) is 2.73. The van der Waals surface area contributed by atoms with Gasteiger partial charge in [0.2, 0.25) is 0 Å². The predicted molar refractivity (Wildman–Crippen MR) is 72.8 cm³/mol. The van der Waals surface area contributed by atoms with E-state index in [2.05, 4.69) is 5.32 Å². The number of fused-ring (bicyclic) bond motifs is 1. The van der Waals surface area contributed by atoms with Crippen molar-refractivity contribution < 1.29 is 19.1 Å². The van der Waals surface area contributed by atoms with Crippen LogP contribution in [0.5, 0.6) is 5.75 Å². The molecule has 0 aliphatic carbocycles. The molecule has 1 aromatic carbocycles. The zero-order chi connectivity index (χ0) is 14.5. The van der Waals surface area contributed by atoms with Gasteiger partial charge in [-0.2, -0.15) is 0 Å². The maximum atomic E-state index is 11.3. The maximum absolute atomic E-state index is 11.3. The Morgan fingerprint density at radius 3 is 2.95 bits per heavy atom. The largest absolute Gasteiger partial charge is 0.484 e. The van der Waals surface area contributed by atoms with Crippen molar-refractivity contribution >= 4 is 16.9 Å². The molecule has 6 heteroatoms. The van der Waals surface area contributed by atoms with Crippen LogP contribution in [-0.4, -0.2) is 30.8 Å². The molecule has 0 atom stereocenters. The topological polar surface area (TPSA) is 88.8 Å².